The molecule has 0 saturated carbocycles. The number of carbonyl (C=O) groups excluding carboxylic acids is 1. The molecule has 7 nitrogen and oxygen atoms in total. The molecule has 2 aromatic carbocycles. The number of hydrogen-bond donors (Lipinski definition) is 2. The Morgan fingerprint density at radius 2 is 1.89 bits per heavy atom. The number of amides is 1. The number of aromatic hydroxyl groups is 1. The molecule has 0 bridgehead atoms. The van der Waals surface area contributed by atoms with E-state index in [0.717, 1.165) is 0 Å². The van der Waals surface area contributed by atoms with Gasteiger partial charge in [-0.05, 0) is 30.7 Å². The minimum atomic E-state index is -0.634. The van der Waals surface area contributed by atoms with Crippen molar-refractivity contribution < 1.29 is 23.8 Å². The van der Waals surface area contributed by atoms with Crippen LogP contribution in [-0.2, 0) is 11.2 Å². The Labute approximate surface area is 165 Å². The first-order chi connectivity index (χ1) is 13.3. The van der Waals surface area contributed by atoms with Crippen LogP contribution in [0, 0.1) is 6.92 Å². The first-order valence-electron chi connectivity index (χ1n) is 8.30. The van der Waals surface area contributed by atoms with E-state index in [1.807, 2.05) is 0 Å². The van der Waals surface area contributed by atoms with Crippen molar-refractivity contribution in [3.63, 3.8) is 0 Å². The first kappa shape index (κ1) is 19.6. The minimum absolute atomic E-state index is 0.0102. The monoisotopic (exact) mass is 403 g/mol. The van der Waals surface area contributed by atoms with Gasteiger partial charge in [0.25, 0.3) is 0 Å². The summed E-state index contributed by atoms with van der Waals surface area (Å²) in [6.45, 7) is 1.73. The van der Waals surface area contributed by atoms with Gasteiger partial charge in [-0.25, -0.2) is 4.79 Å². The number of anilines is 1. The first-order valence-corrected chi connectivity index (χ1v) is 8.68. The van der Waals surface area contributed by atoms with E-state index in [2.05, 4.69) is 5.32 Å². The predicted molar refractivity (Wildman–Crippen MR) is 106 cm³/mol. The molecule has 3 rings (SSSR count). The lowest BCUT2D eigenvalue weighted by Gasteiger charge is -2.13. The largest absolute Gasteiger partial charge is 0.508 e. The summed E-state index contributed by atoms with van der Waals surface area (Å²) in [7, 11) is 2.93. The second-order valence-electron chi connectivity index (χ2n) is 6.09. The summed E-state index contributed by atoms with van der Waals surface area (Å²) in [5, 5.41) is 13.2. The lowest BCUT2D eigenvalue weighted by Crippen LogP contribution is -2.21. The lowest BCUT2D eigenvalue weighted by atomic mass is 10.0. The summed E-state index contributed by atoms with van der Waals surface area (Å²) >= 11 is 6.11. The number of phenols is 1. The Bertz CT molecular complexity index is 1120. The molecule has 0 fully saturated rings. The Balaban J connectivity index is 1.91. The van der Waals surface area contributed by atoms with Gasteiger partial charge in [0.05, 0.1) is 36.9 Å². The van der Waals surface area contributed by atoms with Gasteiger partial charge in [0.15, 0.2) is 0 Å². The average molecular weight is 404 g/mol. The third-order valence-corrected chi connectivity index (χ3v) is 4.65. The number of hydrogen-bond acceptors (Lipinski definition) is 6. The molecule has 0 saturated heterocycles. The van der Waals surface area contributed by atoms with Gasteiger partial charge >= 0.3 is 5.63 Å². The van der Waals surface area contributed by atoms with Crippen LogP contribution in [0.4, 0.5) is 5.69 Å². The summed E-state index contributed by atoms with van der Waals surface area (Å²) in [5.41, 5.74) is 0.821. The van der Waals surface area contributed by atoms with E-state index in [-0.39, 0.29) is 23.3 Å². The van der Waals surface area contributed by atoms with E-state index in [1.165, 1.54) is 32.4 Å². The smallest absolute Gasteiger partial charge is 0.340 e. The van der Waals surface area contributed by atoms with Crippen molar-refractivity contribution in [2.75, 3.05) is 19.5 Å². The highest BCUT2D eigenvalue weighted by molar-refractivity contribution is 6.32. The van der Waals surface area contributed by atoms with Gasteiger partial charge in [-0.2, -0.15) is 0 Å². The molecule has 0 aliphatic rings. The van der Waals surface area contributed by atoms with E-state index in [1.54, 1.807) is 19.1 Å². The third-order valence-electron chi connectivity index (χ3n) is 4.36. The van der Waals surface area contributed by atoms with Gasteiger partial charge in [0, 0.05) is 17.5 Å². The zero-order valence-corrected chi connectivity index (χ0v) is 16.2. The zero-order valence-electron chi connectivity index (χ0n) is 15.5. The Kier molecular flexibility index (Phi) is 5.46. The third kappa shape index (κ3) is 3.75. The molecule has 1 heterocycles. The van der Waals surface area contributed by atoms with Crippen LogP contribution in [-0.4, -0.2) is 25.2 Å². The normalized spacial score (nSPS) is 10.7. The van der Waals surface area contributed by atoms with E-state index in [9.17, 15) is 14.7 Å². The second kappa shape index (κ2) is 7.82. The minimum Gasteiger partial charge on any atom is -0.508 e. The fraction of sp³-hybridized carbons (Fsp3) is 0.200. The highest BCUT2D eigenvalue weighted by Crippen LogP contribution is 2.36. The number of methoxy groups -OCH3 is 2. The van der Waals surface area contributed by atoms with Crippen LogP contribution in [0.1, 0.15) is 11.1 Å². The van der Waals surface area contributed by atoms with Crippen molar-refractivity contribution in [3.8, 4) is 17.2 Å². The Morgan fingerprint density at radius 3 is 2.57 bits per heavy atom. The molecule has 0 aliphatic carbocycles. The Hall–Kier alpha value is -3.19. The van der Waals surface area contributed by atoms with Gasteiger partial charge in [-0.3, -0.25) is 4.79 Å². The molecule has 146 valence electrons. The maximum absolute atomic E-state index is 12.5. The van der Waals surface area contributed by atoms with Gasteiger partial charge in [0.1, 0.15) is 22.8 Å². The fourth-order valence-corrected chi connectivity index (χ4v) is 3.14. The van der Waals surface area contributed by atoms with Gasteiger partial charge in [0.2, 0.25) is 5.91 Å². The van der Waals surface area contributed by atoms with E-state index in [4.69, 9.17) is 25.5 Å². The maximum atomic E-state index is 12.5. The Morgan fingerprint density at radius 1 is 1.18 bits per heavy atom. The van der Waals surface area contributed by atoms with Crippen LogP contribution in [0.25, 0.3) is 11.0 Å². The topological polar surface area (TPSA) is 98.0 Å². The van der Waals surface area contributed by atoms with Crippen LogP contribution < -0.4 is 20.4 Å². The molecule has 1 amide bonds. The fourth-order valence-electron chi connectivity index (χ4n) is 2.90. The zero-order chi connectivity index (χ0) is 20.4. The standard InChI is InChI=1S/C20H18ClNO6/c1-10-12-5-4-11(23)6-16(12)28-20(25)13(10)7-19(24)22-15-8-14(21)17(26-2)9-18(15)27-3/h4-6,8-9,23H,7H2,1-3H3,(H,22,24). The van der Waals surface area contributed by atoms with Crippen LogP contribution >= 0.6 is 11.6 Å². The quantitative estimate of drug-likeness (QED) is 0.631. The molecular formula is C20H18ClNO6. The number of fused-ring (bicyclic) bond motifs is 1. The van der Waals surface area contributed by atoms with Crippen LogP contribution in [0.5, 0.6) is 17.2 Å². The number of carbonyl (C=O) groups is 1. The van der Waals surface area contributed by atoms with Crippen molar-refractivity contribution in [1.29, 1.82) is 0 Å². The maximum Gasteiger partial charge on any atom is 0.340 e. The van der Waals surface area contributed by atoms with Crippen molar-refractivity contribution in [1.82, 2.24) is 0 Å². The molecule has 8 heteroatoms. The van der Waals surface area contributed by atoms with E-state index < -0.39 is 11.5 Å². The van der Waals surface area contributed by atoms with Crippen LogP contribution in [0.2, 0.25) is 5.02 Å². The molecule has 2 N–H and O–H groups in total. The van der Waals surface area contributed by atoms with Crippen molar-refractivity contribution in [2.45, 2.75) is 13.3 Å². The predicted octanol–water partition coefficient (Wildman–Crippen LogP) is 3.66. The number of ether oxygens (including phenoxy) is 2. The SMILES string of the molecule is COc1cc(OC)c(NC(=O)Cc2c(C)c3ccc(O)cc3oc2=O)cc1Cl. The van der Waals surface area contributed by atoms with Gasteiger partial charge in [-0.15, -0.1) is 0 Å². The highest BCUT2D eigenvalue weighted by atomic mass is 35.5. The molecule has 28 heavy (non-hydrogen) atoms. The number of aryl methyl sites for hydroxylation is 1. The van der Waals surface area contributed by atoms with Gasteiger partial charge < -0.3 is 24.3 Å². The van der Waals surface area contributed by atoms with Crippen molar-refractivity contribution in [2.24, 2.45) is 0 Å². The molecule has 0 aliphatic heterocycles. The van der Waals surface area contributed by atoms with Crippen LogP contribution in [0.15, 0.2) is 39.5 Å². The summed E-state index contributed by atoms with van der Waals surface area (Å²) in [6.07, 6.45) is -0.197. The molecule has 0 spiro atoms. The highest BCUT2D eigenvalue weighted by Gasteiger charge is 2.17. The number of halogens is 1. The lowest BCUT2D eigenvalue weighted by molar-refractivity contribution is -0.115. The van der Waals surface area contributed by atoms with Crippen molar-refractivity contribution >= 4 is 34.2 Å². The summed E-state index contributed by atoms with van der Waals surface area (Å²) < 4.78 is 15.6. The molecule has 0 radical (unpaired) electrons. The molecular weight excluding hydrogens is 386 g/mol. The molecule has 0 atom stereocenters. The van der Waals surface area contributed by atoms with Gasteiger partial charge in [-0.1, -0.05) is 11.6 Å². The number of phenolic OH excluding ortho intramolecular Hbond substituents is 1. The molecule has 0 unspecified atom stereocenters. The summed E-state index contributed by atoms with van der Waals surface area (Å²) in [4.78, 5) is 24.9. The number of benzene rings is 2. The van der Waals surface area contributed by atoms with Crippen molar-refractivity contribution in [3.05, 3.63) is 56.9 Å². The average Bonchev–Trinajstić information content (AvgIpc) is 2.65. The summed E-state index contributed by atoms with van der Waals surface area (Å²) in [5.74, 6) is 0.329. The van der Waals surface area contributed by atoms with E-state index >= 15 is 0 Å². The molecule has 1 aromatic heterocycles. The second-order valence-corrected chi connectivity index (χ2v) is 6.49. The number of rotatable bonds is 5. The molecule has 3 aromatic rings. The van der Waals surface area contributed by atoms with E-state index in [0.29, 0.717) is 33.2 Å². The summed E-state index contributed by atoms with van der Waals surface area (Å²) in [6, 6.07) is 7.55. The van der Waals surface area contributed by atoms with Crippen LogP contribution in [0.3, 0.4) is 0 Å². The number of nitrogens with one attached hydrogen (secondary N) is 1.